The first-order valence-electron chi connectivity index (χ1n) is 10.5. The molecule has 3 amide bonds. The van der Waals surface area contributed by atoms with Crippen LogP contribution in [0.25, 0.3) is 0 Å². The average Bonchev–Trinajstić information content (AvgIpc) is 2.85. The molecule has 0 aliphatic heterocycles. The summed E-state index contributed by atoms with van der Waals surface area (Å²) in [5.41, 5.74) is 4.82. The minimum Gasteiger partial charge on any atom is -0.489 e. The topological polar surface area (TPSA) is 109 Å². The summed E-state index contributed by atoms with van der Waals surface area (Å²) in [6.45, 7) is 5.85. The highest BCUT2D eigenvalue weighted by Gasteiger charge is 2.18. The fourth-order valence-electron chi connectivity index (χ4n) is 2.92. The van der Waals surface area contributed by atoms with Gasteiger partial charge in [0.05, 0.1) is 17.5 Å². The lowest BCUT2D eigenvalue weighted by Crippen LogP contribution is -2.33. The molecule has 0 saturated carbocycles. The number of hydrazone groups is 1. The molecule has 0 aromatic heterocycles. The van der Waals surface area contributed by atoms with E-state index >= 15 is 0 Å². The SMILES string of the molecule is C=CCOc1ccc(Br)cc1C=NNC(=O)C(=O)Nc1ccccc1C(=O)Nc1ccc(C)cc1. The van der Waals surface area contributed by atoms with Crippen LogP contribution < -0.4 is 20.8 Å². The van der Waals surface area contributed by atoms with E-state index < -0.39 is 17.7 Å². The van der Waals surface area contributed by atoms with Gasteiger partial charge in [-0.05, 0) is 49.4 Å². The highest BCUT2D eigenvalue weighted by molar-refractivity contribution is 9.10. The van der Waals surface area contributed by atoms with Crippen LogP contribution in [0.4, 0.5) is 11.4 Å². The molecular formula is C26H23BrN4O4. The molecule has 3 aromatic carbocycles. The summed E-state index contributed by atoms with van der Waals surface area (Å²) in [6, 6.07) is 19.0. The molecule has 0 radical (unpaired) electrons. The third kappa shape index (κ3) is 7.38. The van der Waals surface area contributed by atoms with Crippen molar-refractivity contribution in [2.45, 2.75) is 6.92 Å². The van der Waals surface area contributed by atoms with Crippen LogP contribution in [0.2, 0.25) is 0 Å². The maximum Gasteiger partial charge on any atom is 0.329 e. The number of hydrogen-bond acceptors (Lipinski definition) is 5. The fraction of sp³-hybridized carbons (Fsp3) is 0.0769. The monoisotopic (exact) mass is 534 g/mol. The third-order valence-electron chi connectivity index (χ3n) is 4.63. The van der Waals surface area contributed by atoms with Gasteiger partial charge in [-0.15, -0.1) is 0 Å². The number of carbonyl (C=O) groups is 3. The van der Waals surface area contributed by atoms with Crippen LogP contribution in [0.5, 0.6) is 5.75 Å². The number of amides is 3. The lowest BCUT2D eigenvalue weighted by Gasteiger charge is -2.11. The average molecular weight is 535 g/mol. The van der Waals surface area contributed by atoms with E-state index in [-0.39, 0.29) is 11.3 Å². The molecule has 3 aromatic rings. The summed E-state index contributed by atoms with van der Waals surface area (Å²) in [7, 11) is 0. The van der Waals surface area contributed by atoms with Gasteiger partial charge in [-0.3, -0.25) is 14.4 Å². The Morgan fingerprint density at radius 1 is 1.00 bits per heavy atom. The number of carbonyl (C=O) groups excluding carboxylic acids is 3. The van der Waals surface area contributed by atoms with Gasteiger partial charge in [0.25, 0.3) is 5.91 Å². The lowest BCUT2D eigenvalue weighted by molar-refractivity contribution is -0.136. The standard InChI is InChI=1S/C26H23BrN4O4/c1-3-14-35-23-13-10-19(27)15-18(23)16-28-31-26(34)25(33)30-22-7-5-4-6-21(22)24(32)29-20-11-8-17(2)9-12-20/h3-13,15-16H,1,14H2,2H3,(H,29,32)(H,30,33)(H,31,34). The molecule has 0 spiro atoms. The summed E-state index contributed by atoms with van der Waals surface area (Å²) in [4.78, 5) is 37.4. The zero-order chi connectivity index (χ0) is 25.2. The number of nitrogens with one attached hydrogen (secondary N) is 3. The first-order chi connectivity index (χ1) is 16.9. The highest BCUT2D eigenvalue weighted by atomic mass is 79.9. The first-order valence-corrected chi connectivity index (χ1v) is 11.3. The molecule has 0 heterocycles. The second-order valence-corrected chi connectivity index (χ2v) is 8.22. The maximum atomic E-state index is 12.7. The van der Waals surface area contributed by atoms with Gasteiger partial charge in [-0.2, -0.15) is 5.10 Å². The van der Waals surface area contributed by atoms with Gasteiger partial charge >= 0.3 is 11.8 Å². The predicted octanol–water partition coefficient (Wildman–Crippen LogP) is 4.66. The Bertz CT molecular complexity index is 1270. The van der Waals surface area contributed by atoms with Crippen LogP contribution in [-0.4, -0.2) is 30.5 Å². The van der Waals surface area contributed by atoms with Crippen molar-refractivity contribution in [3.8, 4) is 5.75 Å². The minimum atomic E-state index is -1.00. The van der Waals surface area contributed by atoms with Crippen molar-refractivity contribution in [3.05, 3.63) is 101 Å². The Morgan fingerprint density at radius 2 is 1.74 bits per heavy atom. The highest BCUT2D eigenvalue weighted by Crippen LogP contribution is 2.22. The summed E-state index contributed by atoms with van der Waals surface area (Å²) in [6.07, 6.45) is 2.96. The molecule has 0 saturated heterocycles. The molecular weight excluding hydrogens is 512 g/mol. The number of nitrogens with zero attached hydrogens (tertiary/aromatic N) is 1. The van der Waals surface area contributed by atoms with E-state index in [0.717, 1.165) is 10.0 Å². The Labute approximate surface area is 211 Å². The van der Waals surface area contributed by atoms with Gasteiger partial charge in [-0.25, -0.2) is 5.43 Å². The number of aryl methyl sites for hydroxylation is 1. The number of halogens is 1. The Hall–Kier alpha value is -4.24. The van der Waals surface area contributed by atoms with Crippen molar-refractivity contribution in [1.82, 2.24) is 5.43 Å². The summed E-state index contributed by atoms with van der Waals surface area (Å²) < 4.78 is 6.34. The quantitative estimate of drug-likeness (QED) is 0.169. The zero-order valence-electron chi connectivity index (χ0n) is 18.9. The van der Waals surface area contributed by atoms with Crippen molar-refractivity contribution in [2.75, 3.05) is 17.2 Å². The molecule has 3 N–H and O–H groups in total. The molecule has 0 unspecified atom stereocenters. The van der Waals surface area contributed by atoms with Gasteiger partial charge in [0, 0.05) is 15.7 Å². The van der Waals surface area contributed by atoms with Crippen LogP contribution in [0.15, 0.2) is 89.0 Å². The van der Waals surface area contributed by atoms with Gasteiger partial charge < -0.3 is 15.4 Å². The Kier molecular flexibility index (Phi) is 8.91. The van der Waals surface area contributed by atoms with E-state index in [0.29, 0.717) is 23.6 Å². The number of para-hydroxylation sites is 1. The molecule has 0 aliphatic carbocycles. The maximum absolute atomic E-state index is 12.7. The van der Waals surface area contributed by atoms with Gasteiger partial charge in [0.2, 0.25) is 0 Å². The normalized spacial score (nSPS) is 10.5. The molecule has 178 valence electrons. The fourth-order valence-corrected chi connectivity index (χ4v) is 3.29. The Balaban J connectivity index is 1.65. The third-order valence-corrected chi connectivity index (χ3v) is 5.13. The number of benzene rings is 3. The summed E-state index contributed by atoms with van der Waals surface area (Å²) >= 11 is 3.37. The van der Waals surface area contributed by atoms with Crippen molar-refractivity contribution in [1.29, 1.82) is 0 Å². The lowest BCUT2D eigenvalue weighted by atomic mass is 10.1. The van der Waals surface area contributed by atoms with Gasteiger partial charge in [0.15, 0.2) is 0 Å². The molecule has 8 nitrogen and oxygen atoms in total. The molecule has 0 atom stereocenters. The van der Waals surface area contributed by atoms with E-state index in [4.69, 9.17) is 4.74 Å². The Morgan fingerprint density at radius 3 is 2.49 bits per heavy atom. The molecule has 35 heavy (non-hydrogen) atoms. The van der Waals surface area contributed by atoms with Crippen molar-refractivity contribution < 1.29 is 19.1 Å². The van der Waals surface area contributed by atoms with Crippen LogP contribution in [0.3, 0.4) is 0 Å². The molecule has 9 heteroatoms. The number of rotatable bonds is 8. The van der Waals surface area contributed by atoms with E-state index in [1.54, 1.807) is 54.6 Å². The molecule has 3 rings (SSSR count). The number of hydrogen-bond donors (Lipinski definition) is 3. The van der Waals surface area contributed by atoms with Crippen molar-refractivity contribution >= 4 is 51.2 Å². The van der Waals surface area contributed by atoms with Crippen LogP contribution in [0.1, 0.15) is 21.5 Å². The second kappa shape index (κ2) is 12.3. The summed E-state index contributed by atoms with van der Waals surface area (Å²) in [5.74, 6) is -1.87. The minimum absolute atomic E-state index is 0.188. The summed E-state index contributed by atoms with van der Waals surface area (Å²) in [5, 5.41) is 9.07. The van der Waals surface area contributed by atoms with E-state index in [1.807, 2.05) is 19.1 Å². The van der Waals surface area contributed by atoms with Crippen LogP contribution >= 0.6 is 15.9 Å². The number of ether oxygens (including phenoxy) is 1. The van der Waals surface area contributed by atoms with Crippen molar-refractivity contribution in [2.24, 2.45) is 5.10 Å². The predicted molar refractivity (Wildman–Crippen MR) is 140 cm³/mol. The second-order valence-electron chi connectivity index (χ2n) is 7.30. The smallest absolute Gasteiger partial charge is 0.329 e. The van der Waals surface area contributed by atoms with Gasteiger partial charge in [-0.1, -0.05) is 58.4 Å². The molecule has 0 bridgehead atoms. The van der Waals surface area contributed by atoms with Gasteiger partial charge in [0.1, 0.15) is 12.4 Å². The largest absolute Gasteiger partial charge is 0.489 e. The van der Waals surface area contributed by atoms with E-state index in [1.165, 1.54) is 12.3 Å². The van der Waals surface area contributed by atoms with Crippen molar-refractivity contribution in [3.63, 3.8) is 0 Å². The van der Waals surface area contributed by atoms with E-state index in [2.05, 4.69) is 43.7 Å². The number of anilines is 2. The zero-order valence-corrected chi connectivity index (χ0v) is 20.5. The van der Waals surface area contributed by atoms with Crippen LogP contribution in [-0.2, 0) is 9.59 Å². The van der Waals surface area contributed by atoms with E-state index in [9.17, 15) is 14.4 Å². The first kappa shape index (κ1) is 25.4. The van der Waals surface area contributed by atoms with Crippen LogP contribution in [0, 0.1) is 6.92 Å². The molecule has 0 fully saturated rings. The molecule has 0 aliphatic rings.